The highest BCUT2D eigenvalue weighted by Crippen LogP contribution is 2.24. The summed E-state index contributed by atoms with van der Waals surface area (Å²) >= 11 is 2.22. The third-order valence-electron chi connectivity index (χ3n) is 3.62. The smallest absolute Gasteiger partial charge is 0.255 e. The van der Waals surface area contributed by atoms with Crippen molar-refractivity contribution in [3.63, 3.8) is 0 Å². The van der Waals surface area contributed by atoms with Crippen LogP contribution < -0.4 is 5.73 Å². The van der Waals surface area contributed by atoms with Gasteiger partial charge >= 0.3 is 0 Å². The average Bonchev–Trinajstić information content (AvgIpc) is 2.38. The van der Waals surface area contributed by atoms with Gasteiger partial charge in [-0.2, -0.15) is 0 Å². The second-order valence-corrected chi connectivity index (χ2v) is 6.16. The maximum Gasteiger partial charge on any atom is 0.255 e. The molecule has 1 amide bonds. The van der Waals surface area contributed by atoms with Crippen LogP contribution >= 0.6 is 35.0 Å². The zero-order valence-electron chi connectivity index (χ0n) is 11.0. The summed E-state index contributed by atoms with van der Waals surface area (Å²) in [6.45, 7) is 3.61. The van der Waals surface area contributed by atoms with Crippen molar-refractivity contribution in [2.75, 3.05) is 13.1 Å². The van der Waals surface area contributed by atoms with Gasteiger partial charge in [-0.3, -0.25) is 4.79 Å². The number of halogens is 2. The molecule has 0 saturated carbocycles. The van der Waals surface area contributed by atoms with E-state index < -0.39 is 0 Å². The molecule has 2 unspecified atom stereocenters. The van der Waals surface area contributed by atoms with Gasteiger partial charge in [0.25, 0.3) is 5.91 Å². The Hall–Kier alpha value is -0.330. The molecule has 1 heterocycles. The van der Waals surface area contributed by atoms with E-state index in [4.69, 9.17) is 5.73 Å². The lowest BCUT2D eigenvalue weighted by Gasteiger charge is -2.38. The van der Waals surface area contributed by atoms with Gasteiger partial charge in [-0.1, -0.05) is 19.1 Å². The number of carbonyl (C=O) groups excluding carboxylic acids is 1. The maximum absolute atomic E-state index is 12.6. The Morgan fingerprint density at radius 3 is 2.79 bits per heavy atom. The highest BCUT2D eigenvalue weighted by Gasteiger charge is 2.30. The molecule has 19 heavy (non-hydrogen) atoms. The van der Waals surface area contributed by atoms with E-state index in [2.05, 4.69) is 29.5 Å². The molecule has 0 aromatic heterocycles. The van der Waals surface area contributed by atoms with Crippen LogP contribution in [0, 0.1) is 9.49 Å². The minimum absolute atomic E-state index is 0. The quantitative estimate of drug-likeness (QED) is 0.784. The first-order chi connectivity index (χ1) is 8.63. The summed E-state index contributed by atoms with van der Waals surface area (Å²) in [7, 11) is 0. The second kappa shape index (κ2) is 7.45. The molecule has 0 spiro atoms. The van der Waals surface area contributed by atoms with Gasteiger partial charge in [0, 0.05) is 22.7 Å². The highest BCUT2D eigenvalue weighted by molar-refractivity contribution is 14.1. The number of rotatable bonds is 2. The van der Waals surface area contributed by atoms with Crippen molar-refractivity contribution >= 4 is 40.9 Å². The molecule has 2 N–H and O–H groups in total. The second-order valence-electron chi connectivity index (χ2n) is 5.00. The van der Waals surface area contributed by atoms with E-state index in [-0.39, 0.29) is 24.4 Å². The van der Waals surface area contributed by atoms with Gasteiger partial charge in [0.1, 0.15) is 0 Å². The standard InChI is InChI=1S/C14H19IN2O.ClH/c1-10-6-7-17(11(8-10)9-16)14(18)12-4-2-3-5-13(12)15;/h2-5,10-11H,6-9,16H2,1H3;1H. The molecule has 1 fully saturated rings. The summed E-state index contributed by atoms with van der Waals surface area (Å²) in [5.74, 6) is 0.791. The van der Waals surface area contributed by atoms with E-state index >= 15 is 0 Å². The minimum atomic E-state index is 0. The fraction of sp³-hybridized carbons (Fsp3) is 0.500. The zero-order valence-corrected chi connectivity index (χ0v) is 14.0. The first-order valence-electron chi connectivity index (χ1n) is 6.39. The normalized spacial score (nSPS) is 22.8. The van der Waals surface area contributed by atoms with Crippen molar-refractivity contribution in [2.24, 2.45) is 11.7 Å². The molecule has 2 atom stereocenters. The predicted octanol–water partition coefficient (Wildman–Crippen LogP) is 2.91. The highest BCUT2D eigenvalue weighted by atomic mass is 127. The number of piperidine rings is 1. The molecule has 1 aromatic carbocycles. The van der Waals surface area contributed by atoms with E-state index in [0.29, 0.717) is 12.5 Å². The van der Waals surface area contributed by atoms with Crippen molar-refractivity contribution in [3.8, 4) is 0 Å². The monoisotopic (exact) mass is 394 g/mol. The zero-order chi connectivity index (χ0) is 13.1. The van der Waals surface area contributed by atoms with E-state index in [9.17, 15) is 4.79 Å². The molecular formula is C14H20ClIN2O. The topological polar surface area (TPSA) is 46.3 Å². The number of amides is 1. The Balaban J connectivity index is 0.00000180. The molecule has 1 aliphatic heterocycles. The van der Waals surface area contributed by atoms with Crippen molar-refractivity contribution < 1.29 is 4.79 Å². The number of nitrogens with two attached hydrogens (primary N) is 1. The minimum Gasteiger partial charge on any atom is -0.334 e. The summed E-state index contributed by atoms with van der Waals surface area (Å²) in [5, 5.41) is 0. The van der Waals surface area contributed by atoms with Crippen molar-refractivity contribution in [3.05, 3.63) is 33.4 Å². The van der Waals surface area contributed by atoms with Crippen LogP contribution in [-0.2, 0) is 0 Å². The molecule has 3 nitrogen and oxygen atoms in total. The van der Waals surface area contributed by atoms with Crippen LogP contribution in [0.15, 0.2) is 24.3 Å². The molecule has 0 bridgehead atoms. The van der Waals surface area contributed by atoms with Gasteiger partial charge in [-0.15, -0.1) is 12.4 Å². The number of likely N-dealkylation sites (tertiary alicyclic amines) is 1. The van der Waals surface area contributed by atoms with E-state index in [1.807, 2.05) is 29.2 Å². The predicted molar refractivity (Wildman–Crippen MR) is 88.7 cm³/mol. The SMILES string of the molecule is CC1CCN(C(=O)c2ccccc2I)C(CN)C1.Cl. The Bertz CT molecular complexity index is 441. The molecule has 106 valence electrons. The van der Waals surface area contributed by atoms with Crippen LogP contribution in [0.2, 0.25) is 0 Å². The number of carbonyl (C=O) groups is 1. The fourth-order valence-electron chi connectivity index (χ4n) is 2.53. The summed E-state index contributed by atoms with van der Waals surface area (Å²) < 4.78 is 1.01. The molecule has 0 radical (unpaired) electrons. The third kappa shape index (κ3) is 3.83. The Labute approximate surface area is 134 Å². The largest absolute Gasteiger partial charge is 0.334 e. The average molecular weight is 395 g/mol. The number of hydrogen-bond acceptors (Lipinski definition) is 2. The number of benzene rings is 1. The van der Waals surface area contributed by atoms with E-state index in [0.717, 1.165) is 28.5 Å². The maximum atomic E-state index is 12.6. The number of nitrogens with zero attached hydrogens (tertiary/aromatic N) is 1. The molecule has 0 aliphatic carbocycles. The van der Waals surface area contributed by atoms with Crippen LogP contribution in [0.5, 0.6) is 0 Å². The van der Waals surface area contributed by atoms with Crippen LogP contribution in [0.4, 0.5) is 0 Å². The van der Waals surface area contributed by atoms with Crippen LogP contribution in [0.3, 0.4) is 0 Å². The van der Waals surface area contributed by atoms with E-state index in [1.165, 1.54) is 0 Å². The molecule has 5 heteroatoms. The van der Waals surface area contributed by atoms with Crippen LogP contribution in [-0.4, -0.2) is 29.9 Å². The van der Waals surface area contributed by atoms with Gasteiger partial charge < -0.3 is 10.6 Å². The van der Waals surface area contributed by atoms with Gasteiger partial charge in [-0.25, -0.2) is 0 Å². The Morgan fingerprint density at radius 2 is 2.16 bits per heavy atom. The first kappa shape index (κ1) is 16.7. The van der Waals surface area contributed by atoms with E-state index in [1.54, 1.807) is 0 Å². The number of hydrogen-bond donors (Lipinski definition) is 1. The van der Waals surface area contributed by atoms with Gasteiger partial charge in [0.2, 0.25) is 0 Å². The molecule has 1 saturated heterocycles. The third-order valence-corrected chi connectivity index (χ3v) is 4.56. The van der Waals surface area contributed by atoms with Crippen molar-refractivity contribution in [1.82, 2.24) is 4.90 Å². The Morgan fingerprint density at radius 1 is 1.47 bits per heavy atom. The van der Waals surface area contributed by atoms with Gasteiger partial charge in [0.05, 0.1) is 5.56 Å². The van der Waals surface area contributed by atoms with Gasteiger partial charge in [-0.05, 0) is 53.5 Å². The molecule has 1 aromatic rings. The van der Waals surface area contributed by atoms with Crippen molar-refractivity contribution in [2.45, 2.75) is 25.8 Å². The lowest BCUT2D eigenvalue weighted by atomic mass is 9.92. The first-order valence-corrected chi connectivity index (χ1v) is 7.47. The summed E-state index contributed by atoms with van der Waals surface area (Å²) in [4.78, 5) is 14.5. The molecular weight excluding hydrogens is 375 g/mol. The molecule has 2 rings (SSSR count). The van der Waals surface area contributed by atoms with Crippen molar-refractivity contribution in [1.29, 1.82) is 0 Å². The lowest BCUT2D eigenvalue weighted by molar-refractivity contribution is 0.0572. The lowest BCUT2D eigenvalue weighted by Crippen LogP contribution is -2.49. The van der Waals surface area contributed by atoms with Crippen LogP contribution in [0.1, 0.15) is 30.1 Å². The Kier molecular flexibility index (Phi) is 6.56. The summed E-state index contributed by atoms with van der Waals surface area (Å²) in [5.41, 5.74) is 6.61. The van der Waals surface area contributed by atoms with Gasteiger partial charge in [0.15, 0.2) is 0 Å². The fourth-order valence-corrected chi connectivity index (χ4v) is 3.15. The summed E-state index contributed by atoms with van der Waals surface area (Å²) in [6.07, 6.45) is 2.09. The summed E-state index contributed by atoms with van der Waals surface area (Å²) in [6, 6.07) is 7.93. The molecule has 1 aliphatic rings. The van der Waals surface area contributed by atoms with Crippen LogP contribution in [0.25, 0.3) is 0 Å².